The summed E-state index contributed by atoms with van der Waals surface area (Å²) in [6.07, 6.45) is 0. The van der Waals surface area contributed by atoms with Gasteiger partial charge in [-0.05, 0) is 11.8 Å². The Balaban J connectivity index is 0.00000169. The smallest absolute Gasteiger partial charge is 0.318 e. The van der Waals surface area contributed by atoms with E-state index in [1.807, 2.05) is 36.4 Å². The molecule has 0 aliphatic carbocycles. The van der Waals surface area contributed by atoms with Crippen molar-refractivity contribution in [1.29, 1.82) is 0 Å². The third-order valence-corrected chi connectivity index (χ3v) is 5.19. The molecule has 0 unspecified atom stereocenters. The standard InChI is InChI=1S/C19H17N2OS.BrH/c22-18(16-9-5-2-6-10-16)13-20-11-12-21-17(14-23-19(20)21)15-7-3-1-4-8-15;/h1-10,14H,11-13H2;1H/q+1;/p-1. The number of fused-ring (bicyclic) bond motifs is 1. The van der Waals surface area contributed by atoms with Gasteiger partial charge in [-0.15, -0.1) is 0 Å². The second kappa shape index (κ2) is 7.36. The predicted octanol–water partition coefficient (Wildman–Crippen LogP) is 0.303. The molecule has 2 aromatic carbocycles. The van der Waals surface area contributed by atoms with E-state index in [1.165, 1.54) is 16.4 Å². The van der Waals surface area contributed by atoms with Crippen molar-refractivity contribution in [2.24, 2.45) is 0 Å². The van der Waals surface area contributed by atoms with Gasteiger partial charge in [0.1, 0.15) is 25.3 Å². The third-order valence-electron chi connectivity index (χ3n) is 4.16. The van der Waals surface area contributed by atoms with Crippen LogP contribution in [0.3, 0.4) is 0 Å². The van der Waals surface area contributed by atoms with Gasteiger partial charge in [-0.3, -0.25) is 4.79 Å². The van der Waals surface area contributed by atoms with E-state index in [0.717, 1.165) is 18.7 Å². The van der Waals surface area contributed by atoms with Gasteiger partial charge in [-0.1, -0.05) is 60.7 Å². The summed E-state index contributed by atoms with van der Waals surface area (Å²) in [5.74, 6) is 0.175. The monoisotopic (exact) mass is 400 g/mol. The van der Waals surface area contributed by atoms with Gasteiger partial charge in [-0.25, -0.2) is 9.48 Å². The molecule has 4 rings (SSSR count). The van der Waals surface area contributed by atoms with Crippen LogP contribution in [0.15, 0.2) is 66.1 Å². The number of halogens is 1. The summed E-state index contributed by atoms with van der Waals surface area (Å²) < 4.78 is 2.19. The van der Waals surface area contributed by atoms with Crippen molar-refractivity contribution in [2.75, 3.05) is 19.6 Å². The van der Waals surface area contributed by atoms with Crippen molar-refractivity contribution in [3.8, 4) is 0 Å². The lowest BCUT2D eigenvalue weighted by Gasteiger charge is -2.08. The van der Waals surface area contributed by atoms with Gasteiger partial charge in [0.25, 0.3) is 0 Å². The van der Waals surface area contributed by atoms with Crippen LogP contribution in [-0.4, -0.2) is 40.1 Å². The van der Waals surface area contributed by atoms with Crippen molar-refractivity contribution in [1.82, 2.24) is 4.90 Å². The SMILES string of the molecule is O=C(C[N+]1=C2SC=C(c3ccccc3)N2CC1)c1ccccc1.[Br-]. The van der Waals surface area contributed by atoms with Gasteiger partial charge in [0.2, 0.25) is 5.78 Å². The summed E-state index contributed by atoms with van der Waals surface area (Å²) in [6, 6.07) is 20.0. The number of thioether (sulfide) groups is 1. The average molecular weight is 401 g/mol. The molecule has 0 atom stereocenters. The molecule has 2 aliphatic heterocycles. The molecule has 2 aromatic rings. The lowest BCUT2D eigenvalue weighted by molar-refractivity contribution is -0.501. The highest BCUT2D eigenvalue weighted by molar-refractivity contribution is 8.16. The first-order valence-electron chi connectivity index (χ1n) is 7.73. The lowest BCUT2D eigenvalue weighted by atomic mass is 10.1. The van der Waals surface area contributed by atoms with E-state index in [2.05, 4.69) is 39.1 Å². The van der Waals surface area contributed by atoms with Crippen LogP contribution in [0.5, 0.6) is 0 Å². The van der Waals surface area contributed by atoms with Crippen molar-refractivity contribution >= 4 is 28.4 Å². The van der Waals surface area contributed by atoms with E-state index >= 15 is 0 Å². The molecule has 0 saturated carbocycles. The molecule has 0 amide bonds. The molecule has 0 fully saturated rings. The molecule has 2 aliphatic rings. The predicted molar refractivity (Wildman–Crippen MR) is 94.5 cm³/mol. The molecule has 5 heteroatoms. The van der Waals surface area contributed by atoms with Crippen LogP contribution in [-0.2, 0) is 0 Å². The molecule has 122 valence electrons. The molecule has 2 heterocycles. The van der Waals surface area contributed by atoms with Crippen LogP contribution in [0.4, 0.5) is 0 Å². The summed E-state index contributed by atoms with van der Waals surface area (Å²) in [5, 5.41) is 3.36. The zero-order chi connectivity index (χ0) is 15.6. The molecule has 0 saturated heterocycles. The highest BCUT2D eigenvalue weighted by atomic mass is 79.9. The summed E-state index contributed by atoms with van der Waals surface area (Å²) in [4.78, 5) is 14.8. The Morgan fingerprint density at radius 2 is 1.71 bits per heavy atom. The van der Waals surface area contributed by atoms with Crippen LogP contribution in [0.25, 0.3) is 5.70 Å². The van der Waals surface area contributed by atoms with Crippen molar-refractivity contribution in [3.63, 3.8) is 0 Å². The fraction of sp³-hybridized carbons (Fsp3) is 0.158. The van der Waals surface area contributed by atoms with Gasteiger partial charge < -0.3 is 17.0 Å². The Bertz CT molecular complexity index is 803. The Morgan fingerprint density at radius 1 is 1.04 bits per heavy atom. The van der Waals surface area contributed by atoms with Gasteiger partial charge in [0.15, 0.2) is 0 Å². The number of benzene rings is 2. The summed E-state index contributed by atoms with van der Waals surface area (Å²) in [7, 11) is 0. The number of ketones is 1. The quantitative estimate of drug-likeness (QED) is 0.544. The second-order valence-corrected chi connectivity index (χ2v) is 6.47. The minimum Gasteiger partial charge on any atom is -1.00 e. The Morgan fingerprint density at radius 3 is 2.42 bits per heavy atom. The largest absolute Gasteiger partial charge is 1.00 e. The highest BCUT2D eigenvalue weighted by Gasteiger charge is 2.39. The lowest BCUT2D eigenvalue weighted by Crippen LogP contribution is -3.00. The molecular weight excluding hydrogens is 384 g/mol. The molecule has 3 nitrogen and oxygen atoms in total. The van der Waals surface area contributed by atoms with E-state index in [9.17, 15) is 4.79 Å². The van der Waals surface area contributed by atoms with E-state index in [-0.39, 0.29) is 22.8 Å². The fourth-order valence-electron chi connectivity index (χ4n) is 2.98. The summed E-state index contributed by atoms with van der Waals surface area (Å²) in [6.45, 7) is 2.27. The van der Waals surface area contributed by atoms with Crippen LogP contribution < -0.4 is 17.0 Å². The molecule has 0 radical (unpaired) electrons. The number of amidine groups is 1. The first-order valence-corrected chi connectivity index (χ1v) is 8.61. The van der Waals surface area contributed by atoms with E-state index in [1.54, 1.807) is 11.8 Å². The number of Topliss-reactive ketones (excluding diaryl/α,β-unsaturated/α-hetero) is 1. The first kappa shape index (κ1) is 17.0. The van der Waals surface area contributed by atoms with Crippen LogP contribution >= 0.6 is 11.8 Å². The number of nitrogens with zero attached hydrogens (tertiary/aromatic N) is 2. The Labute approximate surface area is 156 Å². The van der Waals surface area contributed by atoms with Crippen LogP contribution in [0.2, 0.25) is 0 Å². The number of rotatable bonds is 4. The zero-order valence-electron chi connectivity index (χ0n) is 13.1. The maximum atomic E-state index is 12.4. The average Bonchev–Trinajstić information content (AvgIpc) is 3.19. The molecule has 0 N–H and O–H groups in total. The molecule has 0 aromatic heterocycles. The summed E-state index contributed by atoms with van der Waals surface area (Å²) in [5.41, 5.74) is 3.25. The Hall–Kier alpha value is -1.85. The zero-order valence-corrected chi connectivity index (χ0v) is 15.5. The second-order valence-electron chi connectivity index (χ2n) is 5.63. The van der Waals surface area contributed by atoms with Gasteiger partial charge >= 0.3 is 5.17 Å². The van der Waals surface area contributed by atoms with Crippen LogP contribution in [0, 0.1) is 0 Å². The van der Waals surface area contributed by atoms with E-state index < -0.39 is 0 Å². The van der Waals surface area contributed by atoms with Gasteiger partial charge in [0, 0.05) is 16.5 Å². The summed E-state index contributed by atoms with van der Waals surface area (Å²) >= 11 is 1.72. The number of carbonyl (C=O) groups excluding carboxylic acids is 1. The maximum Gasteiger partial charge on any atom is 0.318 e. The minimum atomic E-state index is 0. The highest BCUT2D eigenvalue weighted by Crippen LogP contribution is 2.34. The van der Waals surface area contributed by atoms with Crippen molar-refractivity contribution < 1.29 is 26.4 Å². The van der Waals surface area contributed by atoms with Crippen LogP contribution in [0.1, 0.15) is 15.9 Å². The molecule has 0 spiro atoms. The van der Waals surface area contributed by atoms with Crippen molar-refractivity contribution in [3.05, 3.63) is 77.2 Å². The van der Waals surface area contributed by atoms with E-state index in [4.69, 9.17) is 0 Å². The van der Waals surface area contributed by atoms with Crippen molar-refractivity contribution in [2.45, 2.75) is 0 Å². The third kappa shape index (κ3) is 3.19. The normalized spacial score (nSPS) is 15.8. The Kier molecular flexibility index (Phi) is 5.21. The number of carbonyl (C=O) groups is 1. The first-order chi connectivity index (χ1) is 11.3. The van der Waals surface area contributed by atoms with Gasteiger partial charge in [-0.2, -0.15) is 0 Å². The van der Waals surface area contributed by atoms with E-state index in [0.29, 0.717) is 6.54 Å². The maximum absolute atomic E-state index is 12.4. The fourth-order valence-corrected chi connectivity index (χ4v) is 4.09. The molecular formula is C19H17BrN2OS. The number of hydrogen-bond donors (Lipinski definition) is 0. The molecule has 24 heavy (non-hydrogen) atoms. The topological polar surface area (TPSA) is 23.3 Å². The van der Waals surface area contributed by atoms with Gasteiger partial charge in [0.05, 0.1) is 0 Å². The molecule has 0 bridgehead atoms. The minimum absolute atomic E-state index is 0. The number of hydrogen-bond acceptors (Lipinski definition) is 3.